The Morgan fingerprint density at radius 2 is 1.85 bits per heavy atom. The highest BCUT2D eigenvalue weighted by molar-refractivity contribution is 5.45. The number of ether oxygens (including phenoxy) is 2. The molecule has 0 unspecified atom stereocenters. The quantitative estimate of drug-likeness (QED) is 0.853. The first-order valence-corrected chi connectivity index (χ1v) is 5.77. The molecule has 2 aromatic carbocycles. The molecule has 0 saturated heterocycles. The lowest BCUT2D eigenvalue weighted by Crippen LogP contribution is -2.06. The third-order valence-corrected chi connectivity index (χ3v) is 2.55. The molecular formula is C14H12F3NO2. The van der Waals surface area contributed by atoms with E-state index in [-0.39, 0.29) is 18.0 Å². The van der Waals surface area contributed by atoms with Gasteiger partial charge in [0.2, 0.25) is 0 Å². The van der Waals surface area contributed by atoms with Gasteiger partial charge in [-0.25, -0.2) is 4.39 Å². The highest BCUT2D eigenvalue weighted by atomic mass is 19.3. The zero-order chi connectivity index (χ0) is 14.5. The molecule has 106 valence electrons. The number of hydrogen-bond acceptors (Lipinski definition) is 3. The number of benzene rings is 2. The number of nitrogen functional groups attached to an aromatic ring is 1. The Kier molecular flexibility index (Phi) is 4.34. The second kappa shape index (κ2) is 6.18. The molecule has 3 nitrogen and oxygen atoms in total. The fraction of sp³-hybridized carbons (Fsp3) is 0.143. The Bertz CT molecular complexity index is 590. The van der Waals surface area contributed by atoms with Gasteiger partial charge in [-0.3, -0.25) is 0 Å². The second-order valence-corrected chi connectivity index (χ2v) is 3.96. The van der Waals surface area contributed by atoms with Gasteiger partial charge in [-0.15, -0.1) is 0 Å². The summed E-state index contributed by atoms with van der Waals surface area (Å²) in [4.78, 5) is 0. The normalized spacial score (nSPS) is 10.6. The first-order chi connectivity index (χ1) is 9.56. The molecule has 2 aromatic rings. The van der Waals surface area contributed by atoms with E-state index in [0.29, 0.717) is 11.3 Å². The Morgan fingerprint density at radius 1 is 1.10 bits per heavy atom. The maximum Gasteiger partial charge on any atom is 0.387 e. The zero-order valence-electron chi connectivity index (χ0n) is 10.4. The smallest absolute Gasteiger partial charge is 0.387 e. The lowest BCUT2D eigenvalue weighted by Gasteiger charge is -2.12. The van der Waals surface area contributed by atoms with Crippen molar-refractivity contribution in [2.24, 2.45) is 0 Å². The average Bonchev–Trinajstić information content (AvgIpc) is 2.41. The van der Waals surface area contributed by atoms with Gasteiger partial charge >= 0.3 is 6.61 Å². The summed E-state index contributed by atoms with van der Waals surface area (Å²) in [6.45, 7) is -2.90. The molecule has 0 atom stereocenters. The van der Waals surface area contributed by atoms with Crippen LogP contribution in [-0.4, -0.2) is 6.61 Å². The molecule has 0 aliphatic heterocycles. The van der Waals surface area contributed by atoms with Crippen molar-refractivity contribution >= 4 is 5.69 Å². The van der Waals surface area contributed by atoms with Crippen LogP contribution in [-0.2, 0) is 6.61 Å². The highest BCUT2D eigenvalue weighted by Crippen LogP contribution is 2.24. The van der Waals surface area contributed by atoms with Gasteiger partial charge in [-0.1, -0.05) is 18.2 Å². The van der Waals surface area contributed by atoms with Crippen LogP contribution in [0.15, 0.2) is 42.5 Å². The summed E-state index contributed by atoms with van der Waals surface area (Å²) in [6.07, 6.45) is 0. The van der Waals surface area contributed by atoms with E-state index in [1.165, 1.54) is 24.3 Å². The summed E-state index contributed by atoms with van der Waals surface area (Å²) >= 11 is 0. The molecule has 0 aliphatic carbocycles. The maximum atomic E-state index is 13.0. The van der Waals surface area contributed by atoms with Crippen LogP contribution in [0, 0.1) is 5.82 Å². The first-order valence-electron chi connectivity index (χ1n) is 5.77. The third-order valence-electron chi connectivity index (χ3n) is 2.55. The number of alkyl halides is 2. The van der Waals surface area contributed by atoms with Crippen molar-refractivity contribution in [1.29, 1.82) is 0 Å². The molecule has 0 radical (unpaired) electrons. The molecule has 2 rings (SSSR count). The van der Waals surface area contributed by atoms with Gasteiger partial charge in [-0.05, 0) is 18.2 Å². The summed E-state index contributed by atoms with van der Waals surface area (Å²) in [5.41, 5.74) is 5.82. The third kappa shape index (κ3) is 3.57. The van der Waals surface area contributed by atoms with Crippen molar-refractivity contribution < 1.29 is 22.6 Å². The van der Waals surface area contributed by atoms with Crippen LogP contribution in [0.3, 0.4) is 0 Å². The average molecular weight is 283 g/mol. The van der Waals surface area contributed by atoms with Crippen molar-refractivity contribution in [1.82, 2.24) is 0 Å². The van der Waals surface area contributed by atoms with Crippen molar-refractivity contribution in [3.63, 3.8) is 0 Å². The minimum atomic E-state index is -2.90. The van der Waals surface area contributed by atoms with Crippen LogP contribution in [0.5, 0.6) is 11.5 Å². The predicted molar refractivity (Wildman–Crippen MR) is 68.2 cm³/mol. The van der Waals surface area contributed by atoms with E-state index in [1.54, 1.807) is 18.2 Å². The molecule has 2 N–H and O–H groups in total. The monoisotopic (exact) mass is 283 g/mol. The topological polar surface area (TPSA) is 44.5 Å². The highest BCUT2D eigenvalue weighted by Gasteiger charge is 2.09. The van der Waals surface area contributed by atoms with Crippen molar-refractivity contribution in [2.75, 3.05) is 5.73 Å². The fourth-order valence-corrected chi connectivity index (χ4v) is 1.61. The van der Waals surface area contributed by atoms with Gasteiger partial charge in [0, 0.05) is 11.6 Å². The molecule has 0 aromatic heterocycles. The molecule has 6 heteroatoms. The molecular weight excluding hydrogens is 271 g/mol. The van der Waals surface area contributed by atoms with E-state index in [4.69, 9.17) is 10.5 Å². The van der Waals surface area contributed by atoms with E-state index < -0.39 is 12.4 Å². The Labute approximate surface area is 113 Å². The van der Waals surface area contributed by atoms with Crippen LogP contribution in [0.25, 0.3) is 0 Å². The minimum absolute atomic E-state index is 0.00790. The Hall–Kier alpha value is -2.37. The summed E-state index contributed by atoms with van der Waals surface area (Å²) in [7, 11) is 0. The molecule has 0 fully saturated rings. The predicted octanol–water partition coefficient (Wildman–Crippen LogP) is 3.59. The maximum absolute atomic E-state index is 13.0. The van der Waals surface area contributed by atoms with Crippen LogP contribution in [0.4, 0.5) is 18.9 Å². The van der Waals surface area contributed by atoms with E-state index in [2.05, 4.69) is 4.74 Å². The van der Waals surface area contributed by atoms with Gasteiger partial charge in [0.15, 0.2) is 0 Å². The molecule has 0 aliphatic rings. The Balaban J connectivity index is 2.08. The van der Waals surface area contributed by atoms with E-state index in [1.807, 2.05) is 0 Å². The number of nitrogens with two attached hydrogens (primary N) is 1. The van der Waals surface area contributed by atoms with Gasteiger partial charge in [-0.2, -0.15) is 8.78 Å². The van der Waals surface area contributed by atoms with Gasteiger partial charge in [0.25, 0.3) is 0 Å². The minimum Gasteiger partial charge on any atom is -0.489 e. The first kappa shape index (κ1) is 14.0. The van der Waals surface area contributed by atoms with Crippen LogP contribution in [0.1, 0.15) is 5.56 Å². The van der Waals surface area contributed by atoms with Crippen LogP contribution < -0.4 is 15.2 Å². The lowest BCUT2D eigenvalue weighted by atomic mass is 10.2. The van der Waals surface area contributed by atoms with Crippen molar-refractivity contribution in [3.05, 3.63) is 53.8 Å². The van der Waals surface area contributed by atoms with E-state index in [9.17, 15) is 13.2 Å². The number of anilines is 1. The molecule has 0 heterocycles. The number of para-hydroxylation sites is 1. The molecule has 0 amide bonds. The van der Waals surface area contributed by atoms with E-state index in [0.717, 1.165) is 0 Å². The SMILES string of the molecule is Nc1cc(OCc2ccccc2OC(F)F)ccc1F. The molecule has 20 heavy (non-hydrogen) atoms. The number of rotatable bonds is 5. The molecule has 0 saturated carbocycles. The zero-order valence-corrected chi connectivity index (χ0v) is 10.4. The van der Waals surface area contributed by atoms with Gasteiger partial charge in [0.1, 0.15) is 23.9 Å². The molecule has 0 spiro atoms. The summed E-state index contributed by atoms with van der Waals surface area (Å²) in [5, 5.41) is 0. The molecule has 0 bridgehead atoms. The number of hydrogen-bond donors (Lipinski definition) is 1. The second-order valence-electron chi connectivity index (χ2n) is 3.96. The number of halogens is 3. The van der Waals surface area contributed by atoms with Crippen LogP contribution in [0.2, 0.25) is 0 Å². The standard InChI is InChI=1S/C14H12F3NO2/c15-11-6-5-10(7-12(11)18)19-8-9-3-1-2-4-13(9)20-14(16)17/h1-7,14H,8,18H2. The van der Waals surface area contributed by atoms with E-state index >= 15 is 0 Å². The fourth-order valence-electron chi connectivity index (χ4n) is 1.61. The summed E-state index contributed by atoms with van der Waals surface area (Å²) < 4.78 is 47.2. The Morgan fingerprint density at radius 3 is 2.55 bits per heavy atom. The van der Waals surface area contributed by atoms with Gasteiger partial charge < -0.3 is 15.2 Å². The van der Waals surface area contributed by atoms with Crippen LogP contribution >= 0.6 is 0 Å². The van der Waals surface area contributed by atoms with Crippen molar-refractivity contribution in [3.8, 4) is 11.5 Å². The lowest BCUT2D eigenvalue weighted by molar-refractivity contribution is -0.0508. The summed E-state index contributed by atoms with van der Waals surface area (Å²) in [6, 6.07) is 10.2. The van der Waals surface area contributed by atoms with Gasteiger partial charge in [0.05, 0.1) is 5.69 Å². The largest absolute Gasteiger partial charge is 0.489 e. The van der Waals surface area contributed by atoms with Crippen molar-refractivity contribution in [2.45, 2.75) is 13.2 Å². The summed E-state index contributed by atoms with van der Waals surface area (Å²) in [5.74, 6) is -0.160.